The summed E-state index contributed by atoms with van der Waals surface area (Å²) in [5.41, 5.74) is 3.29. The van der Waals surface area contributed by atoms with E-state index < -0.39 is 10.0 Å². The highest BCUT2D eigenvalue weighted by molar-refractivity contribution is 7.92. The molecule has 0 amide bonds. The number of nitrogens with one attached hydrogen (secondary N) is 1. The minimum absolute atomic E-state index is 0.0409. The average Bonchev–Trinajstić information content (AvgIpc) is 3.54. The zero-order valence-corrected chi connectivity index (χ0v) is 17.1. The Morgan fingerprint density at radius 3 is 2.69 bits per heavy atom. The first-order valence-corrected chi connectivity index (χ1v) is 10.9. The number of sulfonamides is 1. The molecule has 1 saturated carbocycles. The average molecular weight is 410 g/mol. The quantitative estimate of drug-likeness (QED) is 0.639. The molecular weight excluding hydrogens is 388 g/mol. The van der Waals surface area contributed by atoms with Crippen LogP contribution in [-0.2, 0) is 16.4 Å². The minimum atomic E-state index is -3.96. The molecule has 4 rings (SSSR count). The van der Waals surface area contributed by atoms with Crippen LogP contribution < -0.4 is 9.46 Å². The van der Waals surface area contributed by atoms with E-state index in [-0.39, 0.29) is 16.6 Å². The van der Waals surface area contributed by atoms with Crippen LogP contribution in [0.25, 0.3) is 11.1 Å². The molecule has 1 aliphatic rings. The Hall–Kier alpha value is -3.00. The van der Waals surface area contributed by atoms with Crippen molar-refractivity contribution in [3.05, 3.63) is 60.2 Å². The van der Waals surface area contributed by atoms with Gasteiger partial charge in [0.1, 0.15) is 4.90 Å². The van der Waals surface area contributed by atoms with Gasteiger partial charge < -0.3 is 4.74 Å². The van der Waals surface area contributed by atoms with Crippen LogP contribution in [0.1, 0.15) is 24.1 Å². The maximum atomic E-state index is 13.2. The van der Waals surface area contributed by atoms with Gasteiger partial charge in [0.05, 0.1) is 19.0 Å². The number of anilines is 1. The van der Waals surface area contributed by atoms with Gasteiger partial charge in [-0.1, -0.05) is 24.3 Å². The van der Waals surface area contributed by atoms with E-state index in [1.54, 1.807) is 19.2 Å². The lowest BCUT2D eigenvalue weighted by Crippen LogP contribution is -2.16. The van der Waals surface area contributed by atoms with Gasteiger partial charge in [0, 0.05) is 18.0 Å². The predicted octanol–water partition coefficient (Wildman–Crippen LogP) is 3.61. The first-order valence-electron chi connectivity index (χ1n) is 9.40. The number of hydrogen-bond acceptors (Lipinski definition) is 6. The summed E-state index contributed by atoms with van der Waals surface area (Å²) in [4.78, 5) is 12.4. The highest BCUT2D eigenvalue weighted by Crippen LogP contribution is 2.37. The fraction of sp³-hybridized carbons (Fsp3) is 0.286. The monoisotopic (exact) mass is 410 g/mol. The van der Waals surface area contributed by atoms with E-state index in [2.05, 4.69) is 25.7 Å². The molecule has 0 aliphatic heterocycles. The van der Waals surface area contributed by atoms with Crippen molar-refractivity contribution < 1.29 is 13.2 Å². The first-order chi connectivity index (χ1) is 14.0. The Kier molecular flexibility index (Phi) is 5.19. The third-order valence-electron chi connectivity index (χ3n) is 4.87. The summed E-state index contributed by atoms with van der Waals surface area (Å²) < 4.78 is 34.1. The van der Waals surface area contributed by atoms with Crippen molar-refractivity contribution in [2.24, 2.45) is 5.92 Å². The summed E-state index contributed by atoms with van der Waals surface area (Å²) in [7, 11) is -2.54. The molecule has 0 saturated heterocycles. The molecule has 29 heavy (non-hydrogen) atoms. The maximum Gasteiger partial charge on any atom is 0.265 e. The van der Waals surface area contributed by atoms with Gasteiger partial charge in [-0.3, -0.25) is 9.71 Å². The van der Waals surface area contributed by atoms with E-state index in [1.807, 2.05) is 18.2 Å². The fourth-order valence-electron chi connectivity index (χ4n) is 3.26. The maximum absolute atomic E-state index is 13.2. The van der Waals surface area contributed by atoms with Crippen LogP contribution in [0.15, 0.2) is 53.8 Å². The Morgan fingerprint density at radius 2 is 1.93 bits per heavy atom. The standard InChI is InChI=1S/C21H22N4O3S/c1-14-12-23-20(21(24-14)28-2)25-29(26,27)19-13-22-10-9-18(19)17-6-4-3-5-16(17)11-15-7-8-15/h3-6,9-10,12-13,15H,7-8,11H2,1-2H3,(H,23,25). The van der Waals surface area contributed by atoms with Crippen LogP contribution >= 0.6 is 0 Å². The molecule has 150 valence electrons. The van der Waals surface area contributed by atoms with Crippen molar-refractivity contribution in [3.63, 3.8) is 0 Å². The largest absolute Gasteiger partial charge is 0.478 e. The lowest BCUT2D eigenvalue weighted by molar-refractivity contribution is 0.397. The van der Waals surface area contributed by atoms with Crippen molar-refractivity contribution >= 4 is 15.8 Å². The van der Waals surface area contributed by atoms with Gasteiger partial charge >= 0.3 is 0 Å². The van der Waals surface area contributed by atoms with E-state index in [0.717, 1.165) is 17.5 Å². The zero-order valence-electron chi connectivity index (χ0n) is 16.3. The Morgan fingerprint density at radius 1 is 1.14 bits per heavy atom. The molecule has 7 nitrogen and oxygen atoms in total. The number of nitrogens with zero attached hydrogens (tertiary/aromatic N) is 3. The number of rotatable bonds is 7. The smallest absolute Gasteiger partial charge is 0.265 e. The van der Waals surface area contributed by atoms with E-state index in [9.17, 15) is 8.42 Å². The van der Waals surface area contributed by atoms with Crippen LogP contribution in [0.5, 0.6) is 5.88 Å². The second kappa shape index (κ2) is 7.79. The molecule has 2 heterocycles. The van der Waals surface area contributed by atoms with E-state index in [0.29, 0.717) is 17.2 Å². The van der Waals surface area contributed by atoms with Gasteiger partial charge in [-0.05, 0) is 49.3 Å². The van der Waals surface area contributed by atoms with E-state index in [1.165, 1.54) is 32.3 Å². The van der Waals surface area contributed by atoms with Crippen molar-refractivity contribution in [3.8, 4) is 17.0 Å². The minimum Gasteiger partial charge on any atom is -0.478 e. The van der Waals surface area contributed by atoms with Crippen LogP contribution in [-0.4, -0.2) is 30.5 Å². The van der Waals surface area contributed by atoms with Crippen LogP contribution in [0.3, 0.4) is 0 Å². The summed E-state index contributed by atoms with van der Waals surface area (Å²) in [6.45, 7) is 1.75. The fourth-order valence-corrected chi connectivity index (χ4v) is 4.43. The van der Waals surface area contributed by atoms with E-state index in [4.69, 9.17) is 4.74 Å². The van der Waals surface area contributed by atoms with Crippen LogP contribution in [0, 0.1) is 12.8 Å². The number of pyridine rings is 1. The Bertz CT molecular complexity index is 1140. The number of aryl methyl sites for hydroxylation is 1. The van der Waals surface area contributed by atoms with Crippen LogP contribution in [0.4, 0.5) is 5.82 Å². The molecule has 3 aromatic rings. The molecule has 1 N–H and O–H groups in total. The summed E-state index contributed by atoms with van der Waals surface area (Å²) in [6.07, 6.45) is 7.85. The molecule has 0 atom stereocenters. The molecule has 8 heteroatoms. The van der Waals surface area contributed by atoms with Gasteiger partial charge in [-0.2, -0.15) is 0 Å². The number of methoxy groups -OCH3 is 1. The van der Waals surface area contributed by atoms with Crippen molar-refractivity contribution in [2.45, 2.75) is 31.1 Å². The second-order valence-corrected chi connectivity index (χ2v) is 8.80. The van der Waals surface area contributed by atoms with Crippen molar-refractivity contribution in [1.82, 2.24) is 15.0 Å². The molecule has 0 radical (unpaired) electrons. The summed E-state index contributed by atoms with van der Waals surface area (Å²) in [5, 5.41) is 0. The Labute approximate surface area is 170 Å². The number of aromatic nitrogens is 3. The molecule has 1 fully saturated rings. The Balaban J connectivity index is 1.75. The highest BCUT2D eigenvalue weighted by atomic mass is 32.2. The zero-order chi connectivity index (χ0) is 20.4. The lowest BCUT2D eigenvalue weighted by Gasteiger charge is -2.15. The van der Waals surface area contributed by atoms with Crippen molar-refractivity contribution in [2.75, 3.05) is 11.8 Å². The van der Waals surface area contributed by atoms with Gasteiger partial charge in [0.2, 0.25) is 5.82 Å². The summed E-state index contributed by atoms with van der Waals surface area (Å²) in [5.74, 6) is 0.843. The predicted molar refractivity (Wildman–Crippen MR) is 110 cm³/mol. The first kappa shape index (κ1) is 19.3. The number of ether oxygens (including phenoxy) is 1. The third kappa shape index (κ3) is 4.22. The number of hydrogen-bond donors (Lipinski definition) is 1. The highest BCUT2D eigenvalue weighted by Gasteiger charge is 2.26. The van der Waals surface area contributed by atoms with Crippen molar-refractivity contribution in [1.29, 1.82) is 0 Å². The molecule has 0 spiro atoms. The SMILES string of the molecule is COc1nc(C)cnc1NS(=O)(=O)c1cnccc1-c1ccccc1CC1CC1. The second-order valence-electron chi connectivity index (χ2n) is 7.15. The molecule has 1 aliphatic carbocycles. The van der Waals surface area contributed by atoms with Gasteiger partial charge in [0.15, 0.2) is 0 Å². The van der Waals surface area contributed by atoms with Crippen LogP contribution in [0.2, 0.25) is 0 Å². The third-order valence-corrected chi connectivity index (χ3v) is 6.24. The van der Waals surface area contributed by atoms with Gasteiger partial charge in [-0.25, -0.2) is 18.4 Å². The summed E-state index contributed by atoms with van der Waals surface area (Å²) >= 11 is 0. The van der Waals surface area contributed by atoms with E-state index >= 15 is 0 Å². The lowest BCUT2D eigenvalue weighted by atomic mass is 9.97. The molecule has 2 aromatic heterocycles. The summed E-state index contributed by atoms with van der Waals surface area (Å²) in [6, 6.07) is 9.66. The molecule has 0 unspecified atom stereocenters. The van der Waals surface area contributed by atoms with Gasteiger partial charge in [0.25, 0.3) is 15.9 Å². The number of benzene rings is 1. The topological polar surface area (TPSA) is 94.1 Å². The molecule has 1 aromatic carbocycles. The molecular formula is C21H22N4O3S. The normalized spacial score (nSPS) is 13.9. The molecule has 0 bridgehead atoms. The van der Waals surface area contributed by atoms with Gasteiger partial charge in [-0.15, -0.1) is 0 Å².